The third-order valence-corrected chi connectivity index (χ3v) is 4.55. The average Bonchev–Trinajstić information content (AvgIpc) is 2.48. The molecule has 2 aromatic carbocycles. The van der Waals surface area contributed by atoms with Crippen LogP contribution >= 0.6 is 0 Å². The summed E-state index contributed by atoms with van der Waals surface area (Å²) in [7, 11) is -3.58. The molecule has 2 aromatic rings. The molecule has 0 amide bonds. The number of hydrogen-bond donors (Lipinski definition) is 0. The van der Waals surface area contributed by atoms with Gasteiger partial charge in [-0.1, -0.05) is 12.1 Å². The highest BCUT2D eigenvalue weighted by Crippen LogP contribution is 2.20. The van der Waals surface area contributed by atoms with Gasteiger partial charge in [-0.3, -0.25) is 10.1 Å². The minimum absolute atomic E-state index is 0.0254. The fourth-order valence-electron chi connectivity index (χ4n) is 1.75. The number of rotatable bonds is 4. The predicted molar refractivity (Wildman–Crippen MR) is 75.1 cm³/mol. The molecule has 0 N–H and O–H groups in total. The number of nitro benzene ring substituents is 1. The van der Waals surface area contributed by atoms with Crippen LogP contribution in [0, 0.1) is 21.4 Å². The van der Waals surface area contributed by atoms with Gasteiger partial charge in [-0.05, 0) is 29.8 Å². The molecule has 7 heteroatoms. The van der Waals surface area contributed by atoms with Gasteiger partial charge in [0.1, 0.15) is 0 Å². The molecule has 0 unspecified atom stereocenters. The van der Waals surface area contributed by atoms with Crippen LogP contribution in [0.5, 0.6) is 0 Å². The maximum atomic E-state index is 12.2. The number of hydrogen-bond acceptors (Lipinski definition) is 5. The zero-order chi connectivity index (χ0) is 15.5. The third-order valence-electron chi connectivity index (χ3n) is 2.85. The third kappa shape index (κ3) is 3.43. The molecule has 0 saturated carbocycles. The quantitative estimate of drug-likeness (QED) is 0.637. The smallest absolute Gasteiger partial charge is 0.258 e. The molecule has 0 fully saturated rings. The van der Waals surface area contributed by atoms with E-state index in [1.165, 1.54) is 12.1 Å². The molecule has 6 nitrogen and oxygen atoms in total. The van der Waals surface area contributed by atoms with Crippen molar-refractivity contribution < 1.29 is 13.3 Å². The van der Waals surface area contributed by atoms with Crippen molar-refractivity contribution in [1.82, 2.24) is 0 Å². The van der Waals surface area contributed by atoms with Crippen molar-refractivity contribution in [2.75, 3.05) is 0 Å². The first-order chi connectivity index (χ1) is 9.92. The fraction of sp³-hybridized carbons (Fsp3) is 0.0714. The van der Waals surface area contributed by atoms with E-state index in [1.54, 1.807) is 24.3 Å². The van der Waals surface area contributed by atoms with Gasteiger partial charge in [0.25, 0.3) is 5.69 Å². The molecule has 106 valence electrons. The van der Waals surface area contributed by atoms with Crippen LogP contribution < -0.4 is 0 Å². The summed E-state index contributed by atoms with van der Waals surface area (Å²) in [6, 6.07) is 12.9. The van der Waals surface area contributed by atoms with Crippen molar-refractivity contribution in [2.45, 2.75) is 10.6 Å². The zero-order valence-corrected chi connectivity index (χ0v) is 11.6. The molecular formula is C14H10N2O4S. The molecule has 0 heterocycles. The van der Waals surface area contributed by atoms with E-state index in [4.69, 9.17) is 5.26 Å². The molecule has 0 spiro atoms. The van der Waals surface area contributed by atoms with Crippen LogP contribution in [-0.2, 0) is 15.6 Å². The topological polar surface area (TPSA) is 101 Å². The lowest BCUT2D eigenvalue weighted by Gasteiger charge is -2.04. The molecular weight excluding hydrogens is 292 g/mol. The predicted octanol–water partition coefficient (Wildman–Crippen LogP) is 2.44. The summed E-state index contributed by atoms with van der Waals surface area (Å²) in [5, 5.41) is 19.2. The zero-order valence-electron chi connectivity index (χ0n) is 10.8. The maximum Gasteiger partial charge on any atom is 0.269 e. The van der Waals surface area contributed by atoms with Gasteiger partial charge in [0.05, 0.1) is 27.2 Å². The molecule has 21 heavy (non-hydrogen) atoms. The molecule has 0 bridgehead atoms. The van der Waals surface area contributed by atoms with Crippen LogP contribution in [0.2, 0.25) is 0 Å². The Morgan fingerprint density at radius 1 is 1.05 bits per heavy atom. The lowest BCUT2D eigenvalue weighted by Crippen LogP contribution is -2.05. The van der Waals surface area contributed by atoms with Gasteiger partial charge in [0, 0.05) is 12.1 Å². The summed E-state index contributed by atoms with van der Waals surface area (Å²) in [6.07, 6.45) is 0. The lowest BCUT2D eigenvalue weighted by molar-refractivity contribution is -0.384. The number of sulfone groups is 1. The summed E-state index contributed by atoms with van der Waals surface area (Å²) in [5.74, 6) is -0.226. The molecule has 0 atom stereocenters. The van der Waals surface area contributed by atoms with Gasteiger partial charge in [0.15, 0.2) is 9.84 Å². The van der Waals surface area contributed by atoms with E-state index in [-0.39, 0.29) is 16.3 Å². The molecule has 0 aliphatic rings. The number of benzene rings is 2. The Morgan fingerprint density at radius 3 is 2.10 bits per heavy atom. The van der Waals surface area contributed by atoms with Crippen molar-refractivity contribution in [1.29, 1.82) is 5.26 Å². The number of nitrogens with zero attached hydrogens (tertiary/aromatic N) is 2. The Kier molecular flexibility index (Phi) is 4.00. The first kappa shape index (κ1) is 14.7. The van der Waals surface area contributed by atoms with Crippen LogP contribution in [0.25, 0.3) is 0 Å². The summed E-state index contributed by atoms with van der Waals surface area (Å²) in [6.45, 7) is 0. The van der Waals surface area contributed by atoms with E-state index in [9.17, 15) is 18.5 Å². The second kappa shape index (κ2) is 5.73. The Bertz CT molecular complexity index is 804. The molecule has 2 rings (SSSR count). The van der Waals surface area contributed by atoms with Crippen molar-refractivity contribution in [3.63, 3.8) is 0 Å². The van der Waals surface area contributed by atoms with Crippen molar-refractivity contribution in [3.8, 4) is 6.07 Å². The molecule has 0 aliphatic carbocycles. The van der Waals surface area contributed by atoms with Crippen LogP contribution in [-0.4, -0.2) is 13.3 Å². The number of nitriles is 1. The van der Waals surface area contributed by atoms with Crippen molar-refractivity contribution >= 4 is 15.5 Å². The SMILES string of the molecule is N#Cc1ccc(CS(=O)(=O)c2ccc([N+](=O)[O-])cc2)cc1. The van der Waals surface area contributed by atoms with E-state index >= 15 is 0 Å². The van der Waals surface area contributed by atoms with Gasteiger partial charge in [-0.2, -0.15) is 5.26 Å². The van der Waals surface area contributed by atoms with Crippen LogP contribution in [0.3, 0.4) is 0 Å². The van der Waals surface area contributed by atoms with E-state index < -0.39 is 14.8 Å². The minimum Gasteiger partial charge on any atom is -0.258 e. The first-order valence-corrected chi connectivity index (χ1v) is 7.54. The van der Waals surface area contributed by atoms with Crippen LogP contribution in [0.4, 0.5) is 5.69 Å². The second-order valence-corrected chi connectivity index (χ2v) is 6.31. The Morgan fingerprint density at radius 2 is 1.62 bits per heavy atom. The Balaban J connectivity index is 2.25. The van der Waals surface area contributed by atoms with Gasteiger partial charge in [0.2, 0.25) is 0 Å². The standard InChI is InChI=1S/C14H10N2O4S/c15-9-11-1-3-12(4-2-11)10-21(19,20)14-7-5-13(6-8-14)16(17)18/h1-8H,10H2. The van der Waals surface area contributed by atoms with Gasteiger partial charge < -0.3 is 0 Å². The number of nitro groups is 1. The van der Waals surface area contributed by atoms with Crippen molar-refractivity contribution in [3.05, 3.63) is 69.8 Å². The van der Waals surface area contributed by atoms with E-state index in [2.05, 4.69) is 0 Å². The van der Waals surface area contributed by atoms with Gasteiger partial charge >= 0.3 is 0 Å². The summed E-state index contributed by atoms with van der Waals surface area (Å²) < 4.78 is 24.4. The van der Waals surface area contributed by atoms with Crippen LogP contribution in [0.15, 0.2) is 53.4 Å². The highest BCUT2D eigenvalue weighted by molar-refractivity contribution is 7.90. The normalized spacial score (nSPS) is 10.8. The average molecular weight is 302 g/mol. The van der Waals surface area contributed by atoms with E-state index in [0.29, 0.717) is 11.1 Å². The molecule has 0 radical (unpaired) electrons. The molecule has 0 aromatic heterocycles. The molecule has 0 aliphatic heterocycles. The summed E-state index contributed by atoms with van der Waals surface area (Å²) in [5.41, 5.74) is 0.839. The van der Waals surface area contributed by atoms with E-state index in [1.807, 2.05) is 6.07 Å². The summed E-state index contributed by atoms with van der Waals surface area (Å²) >= 11 is 0. The van der Waals surface area contributed by atoms with Crippen molar-refractivity contribution in [2.24, 2.45) is 0 Å². The van der Waals surface area contributed by atoms with Gasteiger partial charge in [-0.15, -0.1) is 0 Å². The van der Waals surface area contributed by atoms with Crippen LogP contribution in [0.1, 0.15) is 11.1 Å². The highest BCUT2D eigenvalue weighted by atomic mass is 32.2. The first-order valence-electron chi connectivity index (χ1n) is 5.88. The summed E-state index contributed by atoms with van der Waals surface area (Å²) in [4.78, 5) is 9.98. The second-order valence-electron chi connectivity index (χ2n) is 4.32. The minimum atomic E-state index is -3.58. The monoisotopic (exact) mass is 302 g/mol. The fourth-order valence-corrected chi connectivity index (χ4v) is 3.10. The Hall–Kier alpha value is -2.72. The highest BCUT2D eigenvalue weighted by Gasteiger charge is 2.16. The van der Waals surface area contributed by atoms with E-state index in [0.717, 1.165) is 12.1 Å². The Labute approximate surface area is 121 Å². The lowest BCUT2D eigenvalue weighted by atomic mass is 10.2. The largest absolute Gasteiger partial charge is 0.269 e. The van der Waals surface area contributed by atoms with Gasteiger partial charge in [-0.25, -0.2) is 8.42 Å². The number of non-ortho nitro benzene ring substituents is 1. The molecule has 0 saturated heterocycles. The maximum absolute atomic E-state index is 12.2.